The van der Waals surface area contributed by atoms with Gasteiger partial charge in [0.2, 0.25) is 0 Å². The topological polar surface area (TPSA) is 48.1 Å². The normalized spacial score (nSPS) is 19.9. The Labute approximate surface area is 120 Å². The van der Waals surface area contributed by atoms with E-state index in [2.05, 4.69) is 23.2 Å². The molecule has 0 amide bonds. The van der Waals surface area contributed by atoms with Crippen LogP contribution in [0.15, 0.2) is 36.7 Å². The number of benzene rings is 1. The van der Waals surface area contributed by atoms with E-state index >= 15 is 0 Å². The first-order valence-corrected chi connectivity index (χ1v) is 7.40. The number of aromatic nitrogens is 1. The SMILES string of the molecule is COC1(C(N)c2cncc3ccccc23)CCCCC1. The molecule has 0 bridgehead atoms. The summed E-state index contributed by atoms with van der Waals surface area (Å²) in [7, 11) is 1.80. The van der Waals surface area contributed by atoms with Gasteiger partial charge in [-0.05, 0) is 23.8 Å². The smallest absolute Gasteiger partial charge is 0.0871 e. The molecule has 3 heteroatoms. The Bertz CT molecular complexity index is 585. The lowest BCUT2D eigenvalue weighted by Gasteiger charge is -2.41. The number of hydrogen-bond acceptors (Lipinski definition) is 3. The number of methoxy groups -OCH3 is 1. The molecular weight excluding hydrogens is 248 g/mol. The first kappa shape index (κ1) is 13.5. The monoisotopic (exact) mass is 270 g/mol. The van der Waals surface area contributed by atoms with Crippen LogP contribution in [0.2, 0.25) is 0 Å². The predicted molar refractivity (Wildman–Crippen MR) is 81.5 cm³/mol. The summed E-state index contributed by atoms with van der Waals surface area (Å²) in [6.45, 7) is 0. The third kappa shape index (κ3) is 2.21. The van der Waals surface area contributed by atoms with E-state index in [0.29, 0.717) is 0 Å². The summed E-state index contributed by atoms with van der Waals surface area (Å²) in [4.78, 5) is 4.36. The van der Waals surface area contributed by atoms with Gasteiger partial charge in [-0.2, -0.15) is 0 Å². The molecule has 1 aromatic heterocycles. The molecule has 2 aromatic rings. The number of hydrogen-bond donors (Lipinski definition) is 1. The highest BCUT2D eigenvalue weighted by atomic mass is 16.5. The third-order valence-corrected chi connectivity index (χ3v) is 4.71. The van der Waals surface area contributed by atoms with Crippen molar-refractivity contribution in [2.75, 3.05) is 7.11 Å². The summed E-state index contributed by atoms with van der Waals surface area (Å²) in [5.74, 6) is 0. The van der Waals surface area contributed by atoms with Crippen LogP contribution in [0.5, 0.6) is 0 Å². The van der Waals surface area contributed by atoms with Crippen LogP contribution in [0.25, 0.3) is 10.8 Å². The van der Waals surface area contributed by atoms with Crippen LogP contribution in [0.4, 0.5) is 0 Å². The molecule has 20 heavy (non-hydrogen) atoms. The fourth-order valence-corrected chi connectivity index (χ4v) is 3.46. The van der Waals surface area contributed by atoms with Crippen molar-refractivity contribution in [2.24, 2.45) is 5.73 Å². The van der Waals surface area contributed by atoms with E-state index in [1.165, 1.54) is 24.6 Å². The average molecular weight is 270 g/mol. The van der Waals surface area contributed by atoms with Gasteiger partial charge >= 0.3 is 0 Å². The molecule has 0 spiro atoms. The molecule has 3 rings (SSSR count). The second-order valence-electron chi connectivity index (χ2n) is 5.76. The number of rotatable bonds is 3. The highest BCUT2D eigenvalue weighted by molar-refractivity contribution is 5.85. The van der Waals surface area contributed by atoms with Crippen molar-refractivity contribution in [2.45, 2.75) is 43.7 Å². The summed E-state index contributed by atoms with van der Waals surface area (Å²) in [5.41, 5.74) is 7.49. The summed E-state index contributed by atoms with van der Waals surface area (Å²) in [5, 5.41) is 2.33. The Morgan fingerprint density at radius 2 is 1.90 bits per heavy atom. The molecule has 1 aliphatic carbocycles. The van der Waals surface area contributed by atoms with Gasteiger partial charge in [0.15, 0.2) is 0 Å². The van der Waals surface area contributed by atoms with Crippen molar-refractivity contribution >= 4 is 10.8 Å². The zero-order chi connectivity index (χ0) is 14.0. The molecular formula is C17H22N2O. The van der Waals surface area contributed by atoms with Gasteiger partial charge in [0, 0.05) is 24.9 Å². The standard InChI is InChI=1S/C17H22N2O/c1-20-17(9-5-2-6-10-17)16(18)15-12-19-11-13-7-3-4-8-14(13)15/h3-4,7-8,11-12,16H,2,5-6,9-10,18H2,1H3. The minimum absolute atomic E-state index is 0.119. The lowest BCUT2D eigenvalue weighted by atomic mass is 9.76. The van der Waals surface area contributed by atoms with Gasteiger partial charge in [-0.15, -0.1) is 0 Å². The van der Waals surface area contributed by atoms with Gasteiger partial charge in [0.05, 0.1) is 11.6 Å². The molecule has 1 unspecified atom stereocenters. The van der Waals surface area contributed by atoms with Gasteiger partial charge in [0.25, 0.3) is 0 Å². The highest BCUT2D eigenvalue weighted by Gasteiger charge is 2.39. The summed E-state index contributed by atoms with van der Waals surface area (Å²) >= 11 is 0. The Balaban J connectivity index is 2.05. The number of nitrogens with two attached hydrogens (primary N) is 1. The van der Waals surface area contributed by atoms with Crippen molar-refractivity contribution in [3.8, 4) is 0 Å². The number of ether oxygens (including phenoxy) is 1. The number of nitrogens with zero attached hydrogens (tertiary/aromatic N) is 1. The maximum Gasteiger partial charge on any atom is 0.0871 e. The maximum absolute atomic E-state index is 6.62. The lowest BCUT2D eigenvalue weighted by molar-refractivity contribution is -0.0592. The summed E-state index contributed by atoms with van der Waals surface area (Å²) in [6, 6.07) is 8.17. The van der Waals surface area contributed by atoms with E-state index in [1.807, 2.05) is 18.5 Å². The molecule has 0 aliphatic heterocycles. The maximum atomic E-state index is 6.62. The molecule has 2 N–H and O–H groups in total. The first-order chi connectivity index (χ1) is 9.77. The van der Waals surface area contributed by atoms with E-state index in [9.17, 15) is 0 Å². The van der Waals surface area contributed by atoms with Crippen molar-refractivity contribution < 1.29 is 4.74 Å². The quantitative estimate of drug-likeness (QED) is 0.927. The minimum atomic E-state index is -0.232. The van der Waals surface area contributed by atoms with Gasteiger partial charge in [0.1, 0.15) is 0 Å². The Morgan fingerprint density at radius 3 is 2.65 bits per heavy atom. The van der Waals surface area contributed by atoms with Crippen molar-refractivity contribution in [3.05, 3.63) is 42.2 Å². The molecule has 106 valence electrons. The molecule has 1 aromatic carbocycles. The van der Waals surface area contributed by atoms with Crippen molar-refractivity contribution in [3.63, 3.8) is 0 Å². The first-order valence-electron chi connectivity index (χ1n) is 7.40. The zero-order valence-corrected chi connectivity index (χ0v) is 12.0. The van der Waals surface area contributed by atoms with E-state index in [4.69, 9.17) is 10.5 Å². The van der Waals surface area contributed by atoms with Crippen LogP contribution in [0, 0.1) is 0 Å². The van der Waals surface area contributed by atoms with E-state index in [0.717, 1.165) is 23.8 Å². The molecule has 1 aliphatic rings. The van der Waals surface area contributed by atoms with Gasteiger partial charge < -0.3 is 10.5 Å². The molecule has 1 fully saturated rings. The van der Waals surface area contributed by atoms with Crippen LogP contribution < -0.4 is 5.73 Å². The van der Waals surface area contributed by atoms with Gasteiger partial charge in [-0.1, -0.05) is 43.5 Å². The van der Waals surface area contributed by atoms with E-state index in [-0.39, 0.29) is 11.6 Å². The third-order valence-electron chi connectivity index (χ3n) is 4.71. The zero-order valence-electron chi connectivity index (χ0n) is 12.0. The van der Waals surface area contributed by atoms with Crippen LogP contribution in [-0.2, 0) is 4.74 Å². The van der Waals surface area contributed by atoms with Gasteiger partial charge in [-0.25, -0.2) is 0 Å². The Hall–Kier alpha value is -1.45. The van der Waals surface area contributed by atoms with Crippen LogP contribution in [0.3, 0.4) is 0 Å². The summed E-state index contributed by atoms with van der Waals surface area (Å²) < 4.78 is 5.89. The van der Waals surface area contributed by atoms with Crippen LogP contribution >= 0.6 is 0 Å². The van der Waals surface area contributed by atoms with Crippen molar-refractivity contribution in [1.29, 1.82) is 0 Å². The van der Waals surface area contributed by atoms with E-state index in [1.54, 1.807) is 7.11 Å². The highest BCUT2D eigenvalue weighted by Crippen LogP contribution is 2.41. The molecule has 1 atom stereocenters. The molecule has 3 nitrogen and oxygen atoms in total. The van der Waals surface area contributed by atoms with Gasteiger partial charge in [-0.3, -0.25) is 4.98 Å². The second-order valence-corrected chi connectivity index (χ2v) is 5.76. The lowest BCUT2D eigenvalue weighted by Crippen LogP contribution is -2.44. The van der Waals surface area contributed by atoms with Crippen LogP contribution in [0.1, 0.15) is 43.7 Å². The predicted octanol–water partition coefficient (Wildman–Crippen LogP) is 3.58. The molecule has 1 saturated carbocycles. The fraction of sp³-hybridized carbons (Fsp3) is 0.471. The Kier molecular flexibility index (Phi) is 3.72. The molecule has 0 radical (unpaired) electrons. The average Bonchev–Trinajstić information content (AvgIpc) is 2.54. The number of pyridine rings is 1. The number of fused-ring (bicyclic) bond motifs is 1. The summed E-state index contributed by atoms with van der Waals surface area (Å²) in [6.07, 6.45) is 9.54. The largest absolute Gasteiger partial charge is 0.376 e. The minimum Gasteiger partial charge on any atom is -0.376 e. The van der Waals surface area contributed by atoms with Crippen molar-refractivity contribution in [1.82, 2.24) is 4.98 Å². The molecule has 0 saturated heterocycles. The Morgan fingerprint density at radius 1 is 1.15 bits per heavy atom. The van der Waals surface area contributed by atoms with Crippen LogP contribution in [-0.4, -0.2) is 17.7 Å². The fourth-order valence-electron chi connectivity index (χ4n) is 3.46. The molecule has 1 heterocycles. The van der Waals surface area contributed by atoms with E-state index < -0.39 is 0 Å². The second kappa shape index (κ2) is 5.51.